The topological polar surface area (TPSA) is 80.8 Å². The molecule has 1 fully saturated rings. The van der Waals surface area contributed by atoms with E-state index in [1.807, 2.05) is 0 Å². The van der Waals surface area contributed by atoms with Crippen molar-refractivity contribution in [1.82, 2.24) is 0 Å². The maximum absolute atomic E-state index is 13.0. The quantitative estimate of drug-likeness (QED) is 0.221. The van der Waals surface area contributed by atoms with E-state index >= 15 is 0 Å². The van der Waals surface area contributed by atoms with Gasteiger partial charge in [0.15, 0.2) is 5.78 Å². The van der Waals surface area contributed by atoms with Gasteiger partial charge in [-0.3, -0.25) is 13.9 Å². The first-order valence-corrected chi connectivity index (χ1v) is 10.1. The molecule has 6 nitrogen and oxygen atoms in total. The van der Waals surface area contributed by atoms with Gasteiger partial charge in [0.05, 0.1) is 24.8 Å². The third-order valence-electron chi connectivity index (χ3n) is 3.93. The number of anilines is 1. The maximum Gasteiger partial charge on any atom is 0.232 e. The third kappa shape index (κ3) is 4.48. The molecule has 7 heteroatoms. The summed E-state index contributed by atoms with van der Waals surface area (Å²) in [7, 11) is -3.55. The van der Waals surface area contributed by atoms with E-state index in [9.17, 15) is 18.0 Å². The van der Waals surface area contributed by atoms with E-state index in [4.69, 9.17) is 4.74 Å². The highest BCUT2D eigenvalue weighted by atomic mass is 32.2. The summed E-state index contributed by atoms with van der Waals surface area (Å²) in [4.78, 5) is 25.5. The maximum atomic E-state index is 13.0. The van der Waals surface area contributed by atoms with Gasteiger partial charge < -0.3 is 4.74 Å². The van der Waals surface area contributed by atoms with Crippen LogP contribution in [0.1, 0.15) is 37.0 Å². The van der Waals surface area contributed by atoms with Gasteiger partial charge in [-0.25, -0.2) is 8.42 Å². The molecule has 0 heterocycles. The second-order valence-corrected chi connectivity index (χ2v) is 7.81. The van der Waals surface area contributed by atoms with Crippen LogP contribution >= 0.6 is 0 Å². The van der Waals surface area contributed by atoms with E-state index < -0.39 is 15.8 Å². The molecule has 0 radical (unpaired) electrons. The van der Waals surface area contributed by atoms with Gasteiger partial charge in [0.2, 0.25) is 15.8 Å². The van der Waals surface area contributed by atoms with Crippen molar-refractivity contribution in [2.75, 3.05) is 23.7 Å². The highest BCUT2D eigenvalue weighted by molar-refractivity contribution is 7.92. The number of hydrogen-bond acceptors (Lipinski definition) is 5. The normalized spacial score (nSPS) is 14.9. The van der Waals surface area contributed by atoms with Gasteiger partial charge in [0, 0.05) is 18.0 Å². The van der Waals surface area contributed by atoms with E-state index in [-0.39, 0.29) is 35.1 Å². The number of carbonyl (C=O) groups is 2. The highest BCUT2D eigenvalue weighted by Crippen LogP contribution is 2.34. The number of sulfonamides is 1. The standard InChI is InChI=1S/C18H23NO5S/c1-4-19(25(3,22)23)16-9-7-6-8-14(16)18(21)15(12-24-5-2)17(20)13-10-11-13/h6-9,12-13H,4-5,10-11H2,1-3H3/b15-12-. The first kappa shape index (κ1) is 19.2. The number of hydrogen-bond donors (Lipinski definition) is 0. The van der Waals surface area contributed by atoms with Crippen LogP contribution in [-0.2, 0) is 19.6 Å². The molecule has 0 unspecified atom stereocenters. The van der Waals surface area contributed by atoms with Crippen LogP contribution in [0.5, 0.6) is 0 Å². The van der Waals surface area contributed by atoms with Crippen molar-refractivity contribution in [1.29, 1.82) is 0 Å². The highest BCUT2D eigenvalue weighted by Gasteiger charge is 2.36. The first-order chi connectivity index (χ1) is 11.8. The van der Waals surface area contributed by atoms with Crippen LogP contribution in [0.15, 0.2) is 36.1 Å². The summed E-state index contributed by atoms with van der Waals surface area (Å²) in [5.74, 6) is -0.890. The second kappa shape index (κ2) is 7.82. The molecule has 1 aliphatic rings. The van der Waals surface area contributed by atoms with E-state index in [0.717, 1.165) is 23.4 Å². The number of allylic oxidation sites excluding steroid dienone is 1. The lowest BCUT2D eigenvalue weighted by Crippen LogP contribution is -2.31. The minimum absolute atomic E-state index is 0.0265. The molecular formula is C18H23NO5S. The molecule has 0 aromatic heterocycles. The molecule has 0 spiro atoms. The van der Waals surface area contributed by atoms with Crippen LogP contribution in [-0.4, -0.2) is 39.4 Å². The van der Waals surface area contributed by atoms with Gasteiger partial charge in [-0.15, -0.1) is 0 Å². The summed E-state index contributed by atoms with van der Waals surface area (Å²) >= 11 is 0. The number of para-hydroxylation sites is 1. The van der Waals surface area contributed by atoms with Gasteiger partial charge in [-0.05, 0) is 38.8 Å². The Morgan fingerprint density at radius 1 is 1.24 bits per heavy atom. The van der Waals surface area contributed by atoms with Gasteiger partial charge in [0.1, 0.15) is 5.57 Å². The average molecular weight is 365 g/mol. The summed E-state index contributed by atoms with van der Waals surface area (Å²) in [6, 6.07) is 6.41. The fourth-order valence-electron chi connectivity index (χ4n) is 2.57. The molecule has 25 heavy (non-hydrogen) atoms. The molecule has 0 bridgehead atoms. The minimum atomic E-state index is -3.55. The van der Waals surface area contributed by atoms with Crippen LogP contribution in [0.25, 0.3) is 0 Å². The number of rotatable bonds is 9. The number of ether oxygens (including phenoxy) is 1. The molecule has 0 N–H and O–H groups in total. The number of nitrogens with zero attached hydrogens (tertiary/aromatic N) is 1. The second-order valence-electron chi connectivity index (χ2n) is 5.90. The lowest BCUT2D eigenvalue weighted by Gasteiger charge is -2.23. The molecule has 1 aliphatic carbocycles. The summed E-state index contributed by atoms with van der Waals surface area (Å²) in [6.45, 7) is 3.97. The van der Waals surface area contributed by atoms with Crippen LogP contribution in [0, 0.1) is 5.92 Å². The molecule has 0 saturated heterocycles. The van der Waals surface area contributed by atoms with Crippen LogP contribution in [0.3, 0.4) is 0 Å². The average Bonchev–Trinajstić information content (AvgIpc) is 3.39. The number of ketones is 2. The van der Waals surface area contributed by atoms with Gasteiger partial charge in [-0.2, -0.15) is 0 Å². The van der Waals surface area contributed by atoms with Crippen molar-refractivity contribution in [3.63, 3.8) is 0 Å². The van der Waals surface area contributed by atoms with Gasteiger partial charge in [-0.1, -0.05) is 12.1 Å². The Balaban J connectivity index is 2.48. The Hall–Kier alpha value is -2.15. The molecule has 1 aromatic rings. The van der Waals surface area contributed by atoms with Crippen molar-refractivity contribution in [3.8, 4) is 0 Å². The number of Topliss-reactive ketones (excluding diaryl/α,β-unsaturated/α-hetero) is 2. The Bertz CT molecular complexity index is 793. The molecule has 0 amide bonds. The first-order valence-electron chi connectivity index (χ1n) is 8.28. The van der Waals surface area contributed by atoms with Gasteiger partial charge in [0.25, 0.3) is 0 Å². The minimum Gasteiger partial charge on any atom is -0.501 e. The van der Waals surface area contributed by atoms with E-state index in [0.29, 0.717) is 6.61 Å². The Morgan fingerprint density at radius 3 is 2.40 bits per heavy atom. The molecule has 0 atom stereocenters. The van der Waals surface area contributed by atoms with Crippen molar-refractivity contribution in [2.24, 2.45) is 5.92 Å². The lowest BCUT2D eigenvalue weighted by atomic mass is 9.97. The SMILES string of the molecule is CCO/C=C(\C(=O)c1ccccc1N(CC)S(C)(=O)=O)C(=O)C1CC1. The fraction of sp³-hybridized carbons (Fsp3) is 0.444. The fourth-order valence-corrected chi connectivity index (χ4v) is 3.55. The van der Waals surface area contributed by atoms with Crippen molar-refractivity contribution >= 4 is 27.3 Å². The molecule has 136 valence electrons. The van der Waals surface area contributed by atoms with Crippen molar-refractivity contribution in [2.45, 2.75) is 26.7 Å². The largest absolute Gasteiger partial charge is 0.501 e. The number of carbonyl (C=O) groups excluding carboxylic acids is 2. The van der Waals surface area contributed by atoms with E-state index in [1.165, 1.54) is 12.3 Å². The smallest absolute Gasteiger partial charge is 0.232 e. The molecular weight excluding hydrogens is 342 g/mol. The van der Waals surface area contributed by atoms with Crippen LogP contribution in [0.2, 0.25) is 0 Å². The third-order valence-corrected chi connectivity index (χ3v) is 5.19. The molecule has 0 aliphatic heterocycles. The monoisotopic (exact) mass is 365 g/mol. The summed E-state index contributed by atoms with van der Waals surface area (Å²) in [6.07, 6.45) is 3.82. The van der Waals surface area contributed by atoms with E-state index in [1.54, 1.807) is 32.0 Å². The van der Waals surface area contributed by atoms with Crippen molar-refractivity contribution < 1.29 is 22.7 Å². The zero-order valence-electron chi connectivity index (χ0n) is 14.7. The Kier molecular flexibility index (Phi) is 6.00. The molecule has 1 aromatic carbocycles. The summed E-state index contributed by atoms with van der Waals surface area (Å²) < 4.78 is 30.4. The molecule has 1 saturated carbocycles. The number of benzene rings is 1. The summed E-state index contributed by atoms with van der Waals surface area (Å²) in [5.41, 5.74) is 0.416. The Labute approximate surface area is 148 Å². The predicted octanol–water partition coefficient (Wildman–Crippen LogP) is 2.55. The predicted molar refractivity (Wildman–Crippen MR) is 96.1 cm³/mol. The zero-order chi connectivity index (χ0) is 18.6. The molecule has 2 rings (SSSR count). The van der Waals surface area contributed by atoms with Gasteiger partial charge >= 0.3 is 0 Å². The van der Waals surface area contributed by atoms with Crippen LogP contribution in [0.4, 0.5) is 5.69 Å². The van der Waals surface area contributed by atoms with E-state index in [2.05, 4.69) is 0 Å². The summed E-state index contributed by atoms with van der Waals surface area (Å²) in [5, 5.41) is 0. The lowest BCUT2D eigenvalue weighted by molar-refractivity contribution is -0.116. The van der Waals surface area contributed by atoms with Crippen molar-refractivity contribution in [3.05, 3.63) is 41.7 Å². The Morgan fingerprint density at radius 2 is 1.88 bits per heavy atom. The van der Waals surface area contributed by atoms with Crippen LogP contribution < -0.4 is 4.31 Å². The zero-order valence-corrected chi connectivity index (χ0v) is 15.5.